The number of fused-ring (bicyclic) bond motifs is 1. The lowest BCUT2D eigenvalue weighted by atomic mass is 9.83. The average Bonchev–Trinajstić information content (AvgIpc) is 2.95. The maximum absolute atomic E-state index is 2.78. The molecule has 1 saturated heterocycles. The van der Waals surface area contributed by atoms with Gasteiger partial charge in [0.2, 0.25) is 0 Å². The van der Waals surface area contributed by atoms with Crippen molar-refractivity contribution in [3.8, 4) is 0 Å². The zero-order chi connectivity index (χ0) is 22.5. The highest BCUT2D eigenvalue weighted by molar-refractivity contribution is 5.88. The Morgan fingerprint density at radius 3 is 2.42 bits per heavy atom. The number of hydrogen-bond acceptors (Lipinski definition) is 1. The van der Waals surface area contributed by atoms with Crippen LogP contribution in [-0.2, 0) is 6.42 Å². The molecule has 4 rings (SSSR count). The summed E-state index contributed by atoms with van der Waals surface area (Å²) in [5, 5.41) is 2.81. The van der Waals surface area contributed by atoms with Crippen LogP contribution >= 0.6 is 0 Å². The molecule has 0 aromatic heterocycles. The number of hydrogen-bond donors (Lipinski definition) is 0. The lowest BCUT2D eigenvalue weighted by Gasteiger charge is -2.40. The van der Waals surface area contributed by atoms with E-state index in [0.717, 1.165) is 6.42 Å². The maximum Gasteiger partial charge on any atom is 0.0440 e. The van der Waals surface area contributed by atoms with Crippen LogP contribution in [0.4, 0.5) is 5.69 Å². The van der Waals surface area contributed by atoms with Crippen molar-refractivity contribution in [1.82, 2.24) is 0 Å². The second-order valence-corrected chi connectivity index (χ2v) is 10.6. The van der Waals surface area contributed by atoms with Crippen LogP contribution < -0.4 is 4.90 Å². The SMILES string of the molecule is CCc1cccc(C(C)C)c1N1C(C)C(c2c(C)ccc3ccc(C)cc23)CC1(C)C. The van der Waals surface area contributed by atoms with Gasteiger partial charge in [-0.05, 0) is 86.4 Å². The molecule has 3 aromatic rings. The van der Waals surface area contributed by atoms with Crippen molar-refractivity contribution in [2.45, 2.75) is 91.6 Å². The van der Waals surface area contributed by atoms with E-state index in [-0.39, 0.29) is 5.54 Å². The Balaban J connectivity index is 1.91. The third kappa shape index (κ3) is 3.67. The van der Waals surface area contributed by atoms with Gasteiger partial charge >= 0.3 is 0 Å². The predicted molar refractivity (Wildman–Crippen MR) is 137 cm³/mol. The van der Waals surface area contributed by atoms with Gasteiger partial charge in [-0.1, -0.05) is 74.9 Å². The number of anilines is 1. The molecule has 0 N–H and O–H groups in total. The molecule has 2 atom stereocenters. The Bertz CT molecular complexity index is 1100. The fourth-order valence-electron chi connectivity index (χ4n) is 6.10. The van der Waals surface area contributed by atoms with E-state index in [9.17, 15) is 0 Å². The van der Waals surface area contributed by atoms with Gasteiger partial charge in [0, 0.05) is 23.2 Å². The van der Waals surface area contributed by atoms with Gasteiger partial charge in [-0.2, -0.15) is 0 Å². The van der Waals surface area contributed by atoms with Crippen LogP contribution in [-0.4, -0.2) is 11.6 Å². The van der Waals surface area contributed by atoms with Crippen LogP contribution in [0.5, 0.6) is 0 Å². The molecule has 0 bridgehead atoms. The van der Waals surface area contributed by atoms with Crippen molar-refractivity contribution in [3.63, 3.8) is 0 Å². The summed E-state index contributed by atoms with van der Waals surface area (Å²) < 4.78 is 0. The Kier molecular flexibility index (Phi) is 5.66. The number of aryl methyl sites for hydroxylation is 3. The van der Waals surface area contributed by atoms with E-state index in [4.69, 9.17) is 0 Å². The smallest absolute Gasteiger partial charge is 0.0440 e. The lowest BCUT2D eigenvalue weighted by molar-refractivity contribution is 0.500. The first-order valence-corrected chi connectivity index (χ1v) is 12.1. The standard InChI is InChI=1S/C30H39N/c1-9-23-11-10-12-25(19(2)3)29(23)31-22(6)27(18-30(31,7)8)28-21(5)14-16-24-15-13-20(4)17-26(24)28/h10-17,19,22,27H,9,18H2,1-8H3. The Hall–Kier alpha value is -2.28. The molecule has 164 valence electrons. The summed E-state index contributed by atoms with van der Waals surface area (Å²) >= 11 is 0. The fraction of sp³-hybridized carbons (Fsp3) is 0.467. The van der Waals surface area contributed by atoms with Crippen molar-refractivity contribution in [1.29, 1.82) is 0 Å². The third-order valence-corrected chi connectivity index (χ3v) is 7.56. The summed E-state index contributed by atoms with van der Waals surface area (Å²) in [7, 11) is 0. The van der Waals surface area contributed by atoms with Crippen LogP contribution in [0.1, 0.15) is 87.6 Å². The quantitative estimate of drug-likeness (QED) is 0.416. The lowest BCUT2D eigenvalue weighted by Crippen LogP contribution is -2.43. The van der Waals surface area contributed by atoms with Crippen LogP contribution in [0.25, 0.3) is 10.8 Å². The van der Waals surface area contributed by atoms with Gasteiger partial charge in [0.15, 0.2) is 0 Å². The summed E-state index contributed by atoms with van der Waals surface area (Å²) in [5.74, 6) is 1.04. The first kappa shape index (κ1) is 21.9. The molecule has 0 aliphatic carbocycles. The minimum absolute atomic E-state index is 0.109. The van der Waals surface area contributed by atoms with Gasteiger partial charge in [0.1, 0.15) is 0 Å². The number of nitrogens with zero attached hydrogens (tertiary/aromatic N) is 1. The minimum Gasteiger partial charge on any atom is -0.363 e. The van der Waals surface area contributed by atoms with Gasteiger partial charge < -0.3 is 4.90 Å². The molecule has 0 saturated carbocycles. The molecule has 3 aromatic carbocycles. The van der Waals surface area contributed by atoms with Crippen molar-refractivity contribution in [2.24, 2.45) is 0 Å². The van der Waals surface area contributed by atoms with Gasteiger partial charge in [-0.15, -0.1) is 0 Å². The van der Waals surface area contributed by atoms with E-state index in [1.807, 2.05) is 0 Å². The predicted octanol–water partition coefficient (Wildman–Crippen LogP) is 8.30. The van der Waals surface area contributed by atoms with E-state index < -0.39 is 0 Å². The highest BCUT2D eigenvalue weighted by atomic mass is 15.3. The van der Waals surface area contributed by atoms with E-state index in [1.165, 1.54) is 45.1 Å². The summed E-state index contributed by atoms with van der Waals surface area (Å²) in [4.78, 5) is 2.78. The van der Waals surface area contributed by atoms with E-state index in [2.05, 4.69) is 109 Å². The largest absolute Gasteiger partial charge is 0.363 e. The van der Waals surface area contributed by atoms with Crippen LogP contribution in [0.15, 0.2) is 48.5 Å². The number of para-hydroxylation sites is 1. The molecule has 0 radical (unpaired) electrons. The molecule has 2 unspecified atom stereocenters. The zero-order valence-electron chi connectivity index (χ0n) is 20.7. The molecular weight excluding hydrogens is 374 g/mol. The van der Waals surface area contributed by atoms with E-state index in [1.54, 1.807) is 5.56 Å². The molecule has 31 heavy (non-hydrogen) atoms. The van der Waals surface area contributed by atoms with Crippen molar-refractivity contribution < 1.29 is 0 Å². The molecule has 1 fully saturated rings. The van der Waals surface area contributed by atoms with E-state index >= 15 is 0 Å². The third-order valence-electron chi connectivity index (χ3n) is 7.56. The Morgan fingerprint density at radius 2 is 1.74 bits per heavy atom. The van der Waals surface area contributed by atoms with Crippen molar-refractivity contribution in [2.75, 3.05) is 4.90 Å². The maximum atomic E-state index is 2.78. The first-order chi connectivity index (χ1) is 14.7. The summed E-state index contributed by atoms with van der Waals surface area (Å²) in [5.41, 5.74) is 8.92. The highest BCUT2D eigenvalue weighted by Crippen LogP contribution is 2.50. The molecule has 0 spiro atoms. The summed E-state index contributed by atoms with van der Waals surface area (Å²) in [6.07, 6.45) is 2.25. The molecule has 0 amide bonds. The highest BCUT2D eigenvalue weighted by Gasteiger charge is 2.46. The molecule has 1 aliphatic heterocycles. The number of rotatable bonds is 4. The Morgan fingerprint density at radius 1 is 1.03 bits per heavy atom. The van der Waals surface area contributed by atoms with Crippen LogP contribution in [0.2, 0.25) is 0 Å². The zero-order valence-corrected chi connectivity index (χ0v) is 20.7. The average molecular weight is 414 g/mol. The summed E-state index contributed by atoms with van der Waals surface area (Å²) in [6.45, 7) is 18.8. The van der Waals surface area contributed by atoms with Crippen molar-refractivity contribution in [3.05, 3.63) is 76.3 Å². The first-order valence-electron chi connectivity index (χ1n) is 12.1. The van der Waals surface area contributed by atoms with E-state index in [0.29, 0.717) is 17.9 Å². The second-order valence-electron chi connectivity index (χ2n) is 10.6. The topological polar surface area (TPSA) is 3.24 Å². The van der Waals surface area contributed by atoms with Crippen LogP contribution in [0, 0.1) is 13.8 Å². The Labute approximate surface area is 189 Å². The molecule has 1 aliphatic rings. The monoisotopic (exact) mass is 413 g/mol. The molecule has 1 nitrogen and oxygen atoms in total. The normalized spacial score (nSPS) is 20.7. The second kappa shape index (κ2) is 8.01. The van der Waals surface area contributed by atoms with Crippen molar-refractivity contribution >= 4 is 16.5 Å². The van der Waals surface area contributed by atoms with Gasteiger partial charge in [0.25, 0.3) is 0 Å². The molecular formula is C30H39N. The molecule has 1 heteroatoms. The van der Waals surface area contributed by atoms with Gasteiger partial charge in [-0.3, -0.25) is 0 Å². The van der Waals surface area contributed by atoms with Gasteiger partial charge in [-0.25, -0.2) is 0 Å². The minimum atomic E-state index is 0.109. The molecule has 1 heterocycles. The van der Waals surface area contributed by atoms with Crippen LogP contribution in [0.3, 0.4) is 0 Å². The summed E-state index contributed by atoms with van der Waals surface area (Å²) in [6, 6.07) is 18.9. The fourth-order valence-corrected chi connectivity index (χ4v) is 6.10. The van der Waals surface area contributed by atoms with Gasteiger partial charge in [0.05, 0.1) is 0 Å². The number of benzene rings is 3.